The number of nitrogens with zero attached hydrogens (tertiary/aromatic N) is 1. The van der Waals surface area contributed by atoms with Crippen molar-refractivity contribution in [2.45, 2.75) is 44.4 Å². The summed E-state index contributed by atoms with van der Waals surface area (Å²) in [5.41, 5.74) is 4.58. The third-order valence-corrected chi connectivity index (χ3v) is 3.06. The summed E-state index contributed by atoms with van der Waals surface area (Å²) in [4.78, 5) is 0. The first-order chi connectivity index (χ1) is 7.48. The quantitative estimate of drug-likeness (QED) is 0.224. The maximum Gasteiger partial charge on any atom is 0.140 e. The minimum atomic E-state index is -0.806. The topological polar surface area (TPSA) is 100 Å². The van der Waals surface area contributed by atoms with Gasteiger partial charge in [-0.3, -0.25) is 0 Å². The molecule has 16 heavy (non-hydrogen) atoms. The van der Waals surface area contributed by atoms with Gasteiger partial charge in [0.25, 0.3) is 0 Å². The fourth-order valence-electron chi connectivity index (χ4n) is 1.78. The lowest BCUT2D eigenvalue weighted by Gasteiger charge is -2.28. The third kappa shape index (κ3) is 3.33. The lowest BCUT2D eigenvalue weighted by Crippen LogP contribution is -2.48. The van der Waals surface area contributed by atoms with Crippen LogP contribution in [0, 0.1) is 0 Å². The molecule has 1 aliphatic rings. The molecule has 6 heteroatoms. The van der Waals surface area contributed by atoms with E-state index >= 15 is 0 Å². The van der Waals surface area contributed by atoms with E-state index in [-0.39, 0.29) is 18.0 Å². The number of ether oxygens (including phenoxy) is 1. The Hall–Kier alpha value is -0.850. The van der Waals surface area contributed by atoms with Crippen LogP contribution in [0.1, 0.15) is 26.7 Å². The Balaban J connectivity index is 2.33. The Morgan fingerprint density at radius 1 is 1.75 bits per heavy atom. The molecule has 94 valence electrons. The van der Waals surface area contributed by atoms with Crippen LogP contribution in [0.15, 0.2) is 5.16 Å². The zero-order valence-corrected chi connectivity index (χ0v) is 9.81. The van der Waals surface area contributed by atoms with E-state index < -0.39 is 5.60 Å². The summed E-state index contributed by atoms with van der Waals surface area (Å²) in [5.74, 6) is 0.183. The van der Waals surface area contributed by atoms with E-state index in [9.17, 15) is 5.11 Å². The average molecular weight is 231 g/mol. The summed E-state index contributed by atoms with van der Waals surface area (Å²) in [7, 11) is 0. The highest BCUT2D eigenvalue weighted by Gasteiger charge is 2.39. The zero-order valence-electron chi connectivity index (χ0n) is 9.81. The number of aliphatic hydroxyl groups is 1. The van der Waals surface area contributed by atoms with Gasteiger partial charge in [0.1, 0.15) is 11.4 Å². The molecule has 0 aromatic carbocycles. The number of rotatable bonds is 5. The molecule has 1 heterocycles. The number of hydrogen-bond acceptors (Lipinski definition) is 5. The number of oxime groups is 1. The molecule has 1 rings (SSSR count). The van der Waals surface area contributed by atoms with Crippen molar-refractivity contribution in [2.24, 2.45) is 10.9 Å². The van der Waals surface area contributed by atoms with Crippen molar-refractivity contribution in [2.75, 3.05) is 13.2 Å². The van der Waals surface area contributed by atoms with Crippen molar-refractivity contribution in [3.63, 3.8) is 0 Å². The van der Waals surface area contributed by atoms with Gasteiger partial charge in [0.2, 0.25) is 0 Å². The van der Waals surface area contributed by atoms with Crippen molar-refractivity contribution in [1.29, 1.82) is 0 Å². The van der Waals surface area contributed by atoms with Crippen molar-refractivity contribution in [3.8, 4) is 0 Å². The molecule has 1 saturated heterocycles. The molecular formula is C10H21N3O3. The number of hydrogen-bond donors (Lipinski definition) is 4. The fourth-order valence-corrected chi connectivity index (χ4v) is 1.78. The highest BCUT2D eigenvalue weighted by molar-refractivity contribution is 5.80. The summed E-state index contributed by atoms with van der Waals surface area (Å²) in [6.07, 6.45) is 0.926. The minimum Gasteiger partial charge on any atom is -0.409 e. The van der Waals surface area contributed by atoms with Gasteiger partial charge in [0, 0.05) is 32.0 Å². The third-order valence-electron chi connectivity index (χ3n) is 3.06. The molecule has 1 fully saturated rings. The first kappa shape index (κ1) is 13.2. The molecule has 5 N–H and O–H groups in total. The molecule has 0 radical (unpaired) electrons. The highest BCUT2D eigenvalue weighted by atomic mass is 16.5. The molecule has 6 nitrogen and oxygen atoms in total. The highest BCUT2D eigenvalue weighted by Crippen LogP contribution is 2.24. The molecule has 0 aliphatic carbocycles. The Kier molecular flexibility index (Phi) is 4.52. The Morgan fingerprint density at radius 3 is 2.94 bits per heavy atom. The first-order valence-electron chi connectivity index (χ1n) is 5.51. The molecule has 0 aromatic rings. The standard InChI is InChI=1S/C10H21N3O3/c1-7(5-9(11)13-15)12-6-10(14)3-4-16-8(10)2/h7-8,12,14-15H,3-6H2,1-2H3,(H2,11,13). The van der Waals surface area contributed by atoms with Gasteiger partial charge in [-0.25, -0.2) is 0 Å². The van der Waals surface area contributed by atoms with E-state index in [0.717, 1.165) is 0 Å². The number of nitrogens with two attached hydrogens (primary N) is 1. The van der Waals surface area contributed by atoms with Crippen molar-refractivity contribution in [1.82, 2.24) is 5.32 Å². The molecule has 0 bridgehead atoms. The van der Waals surface area contributed by atoms with Gasteiger partial charge >= 0.3 is 0 Å². The lowest BCUT2D eigenvalue weighted by atomic mass is 9.96. The summed E-state index contributed by atoms with van der Waals surface area (Å²) in [6, 6.07) is 0.0488. The van der Waals surface area contributed by atoms with Crippen LogP contribution < -0.4 is 11.1 Å². The van der Waals surface area contributed by atoms with E-state index in [0.29, 0.717) is 26.0 Å². The van der Waals surface area contributed by atoms with Crippen LogP contribution in [0.5, 0.6) is 0 Å². The second-order valence-corrected chi connectivity index (χ2v) is 4.44. The molecule has 1 aliphatic heterocycles. The Bertz CT molecular complexity index is 260. The SMILES string of the molecule is CC(CC(N)=NO)NCC1(O)CCOC1C. The van der Waals surface area contributed by atoms with E-state index in [2.05, 4.69) is 10.5 Å². The van der Waals surface area contributed by atoms with Gasteiger partial charge in [-0.15, -0.1) is 0 Å². The van der Waals surface area contributed by atoms with Gasteiger partial charge < -0.3 is 26.1 Å². The Morgan fingerprint density at radius 2 is 2.44 bits per heavy atom. The van der Waals surface area contributed by atoms with Crippen LogP contribution >= 0.6 is 0 Å². The normalized spacial score (nSPS) is 32.9. The molecule has 0 aromatic heterocycles. The van der Waals surface area contributed by atoms with Crippen molar-refractivity contribution >= 4 is 5.84 Å². The van der Waals surface area contributed by atoms with E-state index in [1.54, 1.807) is 0 Å². The van der Waals surface area contributed by atoms with E-state index in [1.807, 2.05) is 13.8 Å². The molecule has 0 spiro atoms. The molecule has 0 saturated carbocycles. The van der Waals surface area contributed by atoms with Gasteiger partial charge in [0.05, 0.1) is 6.10 Å². The predicted octanol–water partition coefficient (Wildman–Crippen LogP) is -0.359. The van der Waals surface area contributed by atoms with Crippen molar-refractivity contribution < 1.29 is 15.1 Å². The number of nitrogens with one attached hydrogen (secondary N) is 1. The summed E-state index contributed by atoms with van der Waals surface area (Å²) in [6.45, 7) is 4.83. The number of amidine groups is 1. The van der Waals surface area contributed by atoms with E-state index in [1.165, 1.54) is 0 Å². The first-order valence-corrected chi connectivity index (χ1v) is 5.51. The smallest absolute Gasteiger partial charge is 0.140 e. The van der Waals surface area contributed by atoms with Crippen LogP contribution in [-0.4, -0.2) is 47.0 Å². The molecular weight excluding hydrogens is 210 g/mol. The second kappa shape index (κ2) is 5.47. The lowest BCUT2D eigenvalue weighted by molar-refractivity contribution is -0.0272. The Labute approximate surface area is 95.5 Å². The fraction of sp³-hybridized carbons (Fsp3) is 0.900. The van der Waals surface area contributed by atoms with Crippen LogP contribution in [0.25, 0.3) is 0 Å². The van der Waals surface area contributed by atoms with Crippen molar-refractivity contribution in [3.05, 3.63) is 0 Å². The summed E-state index contributed by atoms with van der Waals surface area (Å²) < 4.78 is 5.32. The minimum absolute atomic E-state index is 0.0488. The van der Waals surface area contributed by atoms with Gasteiger partial charge in [-0.2, -0.15) is 0 Å². The van der Waals surface area contributed by atoms with Crippen LogP contribution in [0.2, 0.25) is 0 Å². The summed E-state index contributed by atoms with van der Waals surface area (Å²) in [5, 5.41) is 24.7. The maximum atomic E-state index is 10.2. The van der Waals surface area contributed by atoms with Crippen LogP contribution in [0.3, 0.4) is 0 Å². The average Bonchev–Trinajstić information content (AvgIpc) is 2.57. The second-order valence-electron chi connectivity index (χ2n) is 4.44. The monoisotopic (exact) mass is 231 g/mol. The van der Waals surface area contributed by atoms with Crippen LogP contribution in [-0.2, 0) is 4.74 Å². The zero-order chi connectivity index (χ0) is 12.2. The molecule has 0 amide bonds. The van der Waals surface area contributed by atoms with Gasteiger partial charge in [-0.1, -0.05) is 5.16 Å². The molecule has 3 unspecified atom stereocenters. The van der Waals surface area contributed by atoms with Crippen LogP contribution in [0.4, 0.5) is 0 Å². The molecule has 3 atom stereocenters. The predicted molar refractivity (Wildman–Crippen MR) is 60.5 cm³/mol. The van der Waals surface area contributed by atoms with Gasteiger partial charge in [0.15, 0.2) is 0 Å². The largest absolute Gasteiger partial charge is 0.409 e. The van der Waals surface area contributed by atoms with Gasteiger partial charge in [-0.05, 0) is 13.8 Å². The van der Waals surface area contributed by atoms with E-state index in [4.69, 9.17) is 15.7 Å². The maximum absolute atomic E-state index is 10.2. The summed E-state index contributed by atoms with van der Waals surface area (Å²) >= 11 is 0.